The van der Waals surface area contributed by atoms with Crippen molar-refractivity contribution >= 4 is 35.2 Å². The van der Waals surface area contributed by atoms with E-state index in [1.807, 2.05) is 30.3 Å². The second-order valence-electron chi connectivity index (χ2n) is 4.26. The maximum Gasteiger partial charge on any atom is 0.328 e. The maximum atomic E-state index is 10.5. The molecule has 0 spiro atoms. The largest absolute Gasteiger partial charge is 0.486 e. The van der Waals surface area contributed by atoms with Gasteiger partial charge in [-0.05, 0) is 29.3 Å². The van der Waals surface area contributed by atoms with Crippen LogP contribution < -0.4 is 4.74 Å². The minimum absolute atomic E-state index is 0.337. The molecule has 0 radical (unpaired) electrons. The number of aliphatic carboxylic acids is 1. The Kier molecular flexibility index (Phi) is 5.26. The quantitative estimate of drug-likeness (QED) is 0.813. The van der Waals surface area contributed by atoms with E-state index in [1.165, 1.54) is 6.08 Å². The number of carboxylic acid groups (broad SMARTS) is 1. The molecule has 21 heavy (non-hydrogen) atoms. The molecule has 0 aliphatic heterocycles. The molecule has 0 aliphatic rings. The van der Waals surface area contributed by atoms with Gasteiger partial charge >= 0.3 is 5.97 Å². The lowest BCUT2D eigenvalue weighted by atomic mass is 10.2. The summed E-state index contributed by atoms with van der Waals surface area (Å²) < 4.78 is 5.63. The van der Waals surface area contributed by atoms with Crippen LogP contribution in [-0.4, -0.2) is 11.1 Å². The zero-order chi connectivity index (χ0) is 15.2. The third-order valence-corrected chi connectivity index (χ3v) is 3.23. The van der Waals surface area contributed by atoms with Gasteiger partial charge in [-0.25, -0.2) is 4.79 Å². The molecule has 0 unspecified atom stereocenters. The summed E-state index contributed by atoms with van der Waals surface area (Å²) in [6.45, 7) is 0.352. The van der Waals surface area contributed by atoms with Gasteiger partial charge in [-0.3, -0.25) is 0 Å². The Morgan fingerprint density at radius 2 is 1.76 bits per heavy atom. The number of hydrogen-bond acceptors (Lipinski definition) is 2. The monoisotopic (exact) mass is 322 g/mol. The van der Waals surface area contributed by atoms with Gasteiger partial charge in [0, 0.05) is 6.08 Å². The van der Waals surface area contributed by atoms with Gasteiger partial charge in [-0.2, -0.15) is 0 Å². The molecule has 1 N–H and O–H groups in total. The Morgan fingerprint density at radius 1 is 1.14 bits per heavy atom. The Labute approximate surface area is 132 Å². The molecule has 2 aromatic carbocycles. The van der Waals surface area contributed by atoms with Gasteiger partial charge in [-0.1, -0.05) is 53.5 Å². The van der Waals surface area contributed by atoms with Crippen molar-refractivity contribution in [2.24, 2.45) is 0 Å². The van der Waals surface area contributed by atoms with Crippen molar-refractivity contribution in [2.75, 3.05) is 0 Å². The first kappa shape index (κ1) is 15.4. The highest BCUT2D eigenvalue weighted by Crippen LogP contribution is 2.35. The van der Waals surface area contributed by atoms with Crippen LogP contribution in [0.2, 0.25) is 10.0 Å². The van der Waals surface area contributed by atoms with Crippen LogP contribution in [0.3, 0.4) is 0 Å². The molecule has 0 saturated carbocycles. The van der Waals surface area contributed by atoms with Gasteiger partial charge in [0.15, 0.2) is 5.75 Å². The molecule has 0 atom stereocenters. The number of hydrogen-bond donors (Lipinski definition) is 1. The van der Waals surface area contributed by atoms with Crippen molar-refractivity contribution in [1.82, 2.24) is 0 Å². The van der Waals surface area contributed by atoms with Crippen LogP contribution in [0.5, 0.6) is 5.75 Å². The highest BCUT2D eigenvalue weighted by molar-refractivity contribution is 6.37. The smallest absolute Gasteiger partial charge is 0.328 e. The average molecular weight is 323 g/mol. The summed E-state index contributed by atoms with van der Waals surface area (Å²) in [7, 11) is 0. The summed E-state index contributed by atoms with van der Waals surface area (Å²) >= 11 is 12.3. The SMILES string of the molecule is O=C(O)/C=C/c1cc(Cl)c(OCc2ccccc2)c(Cl)c1. The van der Waals surface area contributed by atoms with Gasteiger partial charge in [0.2, 0.25) is 0 Å². The standard InChI is InChI=1S/C16H12Cl2O3/c17-13-8-12(6-7-15(19)20)9-14(18)16(13)21-10-11-4-2-1-3-5-11/h1-9H,10H2,(H,19,20)/b7-6+. The zero-order valence-electron chi connectivity index (χ0n) is 10.9. The molecule has 0 fully saturated rings. The second kappa shape index (κ2) is 7.16. The van der Waals surface area contributed by atoms with Crippen LogP contribution in [0, 0.1) is 0 Å². The molecule has 0 aromatic heterocycles. The predicted octanol–water partition coefficient (Wildman–Crippen LogP) is 4.67. The van der Waals surface area contributed by atoms with E-state index in [2.05, 4.69) is 0 Å². The topological polar surface area (TPSA) is 46.5 Å². The minimum atomic E-state index is -1.04. The molecule has 108 valence electrons. The Bertz CT molecular complexity index is 643. The molecule has 0 heterocycles. The Hall–Kier alpha value is -1.97. The van der Waals surface area contributed by atoms with Gasteiger partial charge in [0.1, 0.15) is 6.61 Å². The fraction of sp³-hybridized carbons (Fsp3) is 0.0625. The molecular weight excluding hydrogens is 311 g/mol. The summed E-state index contributed by atoms with van der Waals surface area (Å²) in [5.74, 6) is -0.652. The minimum Gasteiger partial charge on any atom is -0.486 e. The number of rotatable bonds is 5. The van der Waals surface area contributed by atoms with Crippen LogP contribution in [0.15, 0.2) is 48.5 Å². The molecule has 2 rings (SSSR count). The van der Waals surface area contributed by atoms with Crippen molar-refractivity contribution < 1.29 is 14.6 Å². The Balaban J connectivity index is 2.15. The lowest BCUT2D eigenvalue weighted by Gasteiger charge is -2.11. The lowest BCUT2D eigenvalue weighted by molar-refractivity contribution is -0.131. The number of carboxylic acids is 1. The number of benzene rings is 2. The van der Waals surface area contributed by atoms with Crippen molar-refractivity contribution in [3.63, 3.8) is 0 Å². The van der Waals surface area contributed by atoms with E-state index in [9.17, 15) is 4.79 Å². The molecule has 0 saturated heterocycles. The van der Waals surface area contributed by atoms with Gasteiger partial charge in [0.05, 0.1) is 10.0 Å². The maximum absolute atomic E-state index is 10.5. The molecule has 0 aliphatic carbocycles. The molecular formula is C16H12Cl2O3. The first-order valence-corrected chi connectivity index (χ1v) is 6.88. The highest BCUT2D eigenvalue weighted by Gasteiger charge is 2.09. The Morgan fingerprint density at radius 3 is 2.33 bits per heavy atom. The van der Waals surface area contributed by atoms with Crippen molar-refractivity contribution in [3.05, 3.63) is 69.7 Å². The predicted molar refractivity (Wildman–Crippen MR) is 83.9 cm³/mol. The lowest BCUT2D eigenvalue weighted by Crippen LogP contribution is -1.96. The summed E-state index contributed by atoms with van der Waals surface area (Å²) in [6.07, 6.45) is 2.44. The number of halogens is 2. The first-order valence-electron chi connectivity index (χ1n) is 6.13. The fourth-order valence-corrected chi connectivity index (χ4v) is 2.32. The number of carbonyl (C=O) groups is 1. The average Bonchev–Trinajstić information content (AvgIpc) is 2.45. The molecule has 0 amide bonds. The summed E-state index contributed by atoms with van der Waals surface area (Å²) in [4.78, 5) is 10.5. The van der Waals surface area contributed by atoms with Crippen molar-refractivity contribution in [3.8, 4) is 5.75 Å². The van der Waals surface area contributed by atoms with E-state index in [1.54, 1.807) is 12.1 Å². The van der Waals surface area contributed by atoms with E-state index < -0.39 is 5.97 Å². The van der Waals surface area contributed by atoms with Crippen LogP contribution in [-0.2, 0) is 11.4 Å². The van der Waals surface area contributed by atoms with Crippen LogP contribution in [0.4, 0.5) is 0 Å². The zero-order valence-corrected chi connectivity index (χ0v) is 12.4. The van der Waals surface area contributed by atoms with Crippen LogP contribution in [0.1, 0.15) is 11.1 Å². The summed E-state index contributed by atoms with van der Waals surface area (Å²) in [5.41, 5.74) is 1.60. The van der Waals surface area contributed by atoms with Crippen molar-refractivity contribution in [1.29, 1.82) is 0 Å². The van der Waals surface area contributed by atoms with E-state index in [0.717, 1.165) is 11.6 Å². The van der Waals surface area contributed by atoms with E-state index >= 15 is 0 Å². The molecule has 2 aromatic rings. The normalized spacial score (nSPS) is 10.8. The van der Waals surface area contributed by atoms with E-state index in [-0.39, 0.29) is 0 Å². The molecule has 0 bridgehead atoms. The van der Waals surface area contributed by atoms with Crippen LogP contribution in [0.25, 0.3) is 6.08 Å². The van der Waals surface area contributed by atoms with Crippen molar-refractivity contribution in [2.45, 2.75) is 6.61 Å². The first-order chi connectivity index (χ1) is 10.1. The second-order valence-corrected chi connectivity index (χ2v) is 5.07. The van der Waals surface area contributed by atoms with E-state index in [0.29, 0.717) is 28.0 Å². The van der Waals surface area contributed by atoms with Crippen LogP contribution >= 0.6 is 23.2 Å². The highest BCUT2D eigenvalue weighted by atomic mass is 35.5. The van der Waals surface area contributed by atoms with Gasteiger partial charge < -0.3 is 9.84 Å². The summed E-state index contributed by atoms with van der Waals surface area (Å²) in [6, 6.07) is 12.8. The third kappa shape index (κ3) is 4.52. The third-order valence-electron chi connectivity index (χ3n) is 2.66. The number of ether oxygens (including phenoxy) is 1. The summed E-state index contributed by atoms with van der Waals surface area (Å²) in [5, 5.41) is 9.27. The van der Waals surface area contributed by atoms with Gasteiger partial charge in [0.25, 0.3) is 0 Å². The molecule has 3 nitrogen and oxygen atoms in total. The van der Waals surface area contributed by atoms with E-state index in [4.69, 9.17) is 33.0 Å². The molecule has 5 heteroatoms. The van der Waals surface area contributed by atoms with Gasteiger partial charge in [-0.15, -0.1) is 0 Å². The fourth-order valence-electron chi connectivity index (χ4n) is 1.71.